The van der Waals surface area contributed by atoms with Crippen molar-refractivity contribution in [1.29, 1.82) is 0 Å². The van der Waals surface area contributed by atoms with Crippen molar-refractivity contribution in [3.63, 3.8) is 0 Å². The van der Waals surface area contributed by atoms with E-state index in [0.29, 0.717) is 6.54 Å². The van der Waals surface area contributed by atoms with Crippen LogP contribution in [-0.2, 0) is 11.3 Å². The standard InChI is InChI=1S/C21H22N2O2/c1-14-10-15(2)12-17(11-14)22-20(24)8-9-23-19-7-5-4-6-18(19)16(3)13-21(23)25/h4-7,10-13H,8-9H2,1-3H3,(H,22,24). The summed E-state index contributed by atoms with van der Waals surface area (Å²) in [5.41, 5.74) is 4.76. The molecule has 3 aromatic rings. The summed E-state index contributed by atoms with van der Waals surface area (Å²) in [6, 6.07) is 15.4. The summed E-state index contributed by atoms with van der Waals surface area (Å²) in [6.45, 7) is 6.29. The number of fused-ring (bicyclic) bond motifs is 1. The third kappa shape index (κ3) is 3.79. The van der Waals surface area contributed by atoms with Crippen molar-refractivity contribution in [2.75, 3.05) is 5.32 Å². The lowest BCUT2D eigenvalue weighted by molar-refractivity contribution is -0.116. The minimum atomic E-state index is -0.0958. The molecule has 4 nitrogen and oxygen atoms in total. The van der Waals surface area contributed by atoms with Gasteiger partial charge in [-0.25, -0.2) is 0 Å². The van der Waals surface area contributed by atoms with Crippen LogP contribution in [0.25, 0.3) is 10.9 Å². The molecule has 0 aliphatic carbocycles. The predicted molar refractivity (Wildman–Crippen MR) is 102 cm³/mol. The van der Waals surface area contributed by atoms with Gasteiger partial charge in [-0.1, -0.05) is 24.3 Å². The molecule has 0 aliphatic heterocycles. The first-order valence-electron chi connectivity index (χ1n) is 8.41. The van der Waals surface area contributed by atoms with Crippen LogP contribution in [0.4, 0.5) is 5.69 Å². The van der Waals surface area contributed by atoms with E-state index < -0.39 is 0 Å². The van der Waals surface area contributed by atoms with Crippen LogP contribution in [0.1, 0.15) is 23.1 Å². The van der Waals surface area contributed by atoms with Crippen LogP contribution in [0.3, 0.4) is 0 Å². The van der Waals surface area contributed by atoms with Crippen molar-refractivity contribution < 1.29 is 4.79 Å². The van der Waals surface area contributed by atoms with Gasteiger partial charge in [0.25, 0.3) is 5.56 Å². The molecule has 25 heavy (non-hydrogen) atoms. The Balaban J connectivity index is 1.79. The molecule has 0 bridgehead atoms. The second-order valence-corrected chi connectivity index (χ2v) is 6.51. The van der Waals surface area contributed by atoms with Gasteiger partial charge in [0, 0.05) is 30.1 Å². The van der Waals surface area contributed by atoms with Gasteiger partial charge in [0.2, 0.25) is 5.91 Å². The van der Waals surface area contributed by atoms with Gasteiger partial charge in [-0.05, 0) is 55.7 Å². The average molecular weight is 334 g/mol. The van der Waals surface area contributed by atoms with Gasteiger partial charge in [0.05, 0.1) is 5.52 Å². The number of carbonyl (C=O) groups excluding carboxylic acids is 1. The Hall–Kier alpha value is -2.88. The normalized spacial score (nSPS) is 10.8. The van der Waals surface area contributed by atoms with Crippen LogP contribution in [0.5, 0.6) is 0 Å². The zero-order chi connectivity index (χ0) is 18.0. The zero-order valence-corrected chi connectivity index (χ0v) is 14.8. The largest absolute Gasteiger partial charge is 0.326 e. The summed E-state index contributed by atoms with van der Waals surface area (Å²) in [7, 11) is 0. The SMILES string of the molecule is Cc1cc(C)cc(NC(=O)CCn2c(=O)cc(C)c3ccccc32)c1. The number of nitrogens with one attached hydrogen (secondary N) is 1. The topological polar surface area (TPSA) is 51.1 Å². The number of carbonyl (C=O) groups is 1. The molecule has 1 N–H and O–H groups in total. The number of amides is 1. The molecule has 0 spiro atoms. The van der Waals surface area contributed by atoms with Crippen LogP contribution in [0, 0.1) is 20.8 Å². The maximum absolute atomic E-state index is 12.3. The van der Waals surface area contributed by atoms with Crippen molar-refractivity contribution in [3.8, 4) is 0 Å². The van der Waals surface area contributed by atoms with E-state index in [1.54, 1.807) is 10.6 Å². The number of nitrogens with zero attached hydrogens (tertiary/aromatic N) is 1. The first kappa shape index (κ1) is 17.0. The van der Waals surface area contributed by atoms with E-state index in [-0.39, 0.29) is 17.9 Å². The monoisotopic (exact) mass is 334 g/mol. The van der Waals surface area contributed by atoms with E-state index in [1.807, 2.05) is 57.2 Å². The van der Waals surface area contributed by atoms with Crippen molar-refractivity contribution in [3.05, 3.63) is 75.6 Å². The van der Waals surface area contributed by atoms with E-state index in [4.69, 9.17) is 0 Å². The molecule has 0 fully saturated rings. The second kappa shape index (κ2) is 6.93. The Labute approximate surface area is 147 Å². The summed E-state index contributed by atoms with van der Waals surface area (Å²) in [5.74, 6) is -0.0958. The van der Waals surface area contributed by atoms with E-state index in [2.05, 4.69) is 11.4 Å². The number of hydrogen-bond donors (Lipinski definition) is 1. The Morgan fingerprint density at radius 3 is 2.40 bits per heavy atom. The molecule has 0 unspecified atom stereocenters. The molecular weight excluding hydrogens is 312 g/mol. The number of rotatable bonds is 4. The quantitative estimate of drug-likeness (QED) is 0.785. The van der Waals surface area contributed by atoms with Crippen LogP contribution in [0.15, 0.2) is 53.3 Å². The lowest BCUT2D eigenvalue weighted by atomic mass is 10.1. The second-order valence-electron chi connectivity index (χ2n) is 6.51. The zero-order valence-electron chi connectivity index (χ0n) is 14.8. The average Bonchev–Trinajstić information content (AvgIpc) is 2.53. The van der Waals surface area contributed by atoms with Gasteiger partial charge in [0.15, 0.2) is 0 Å². The van der Waals surface area contributed by atoms with Crippen LogP contribution in [0.2, 0.25) is 0 Å². The van der Waals surface area contributed by atoms with Crippen molar-refractivity contribution >= 4 is 22.5 Å². The van der Waals surface area contributed by atoms with E-state index in [9.17, 15) is 9.59 Å². The molecule has 1 aromatic heterocycles. The van der Waals surface area contributed by atoms with E-state index in [1.165, 1.54) is 0 Å². The third-order valence-corrected chi connectivity index (χ3v) is 4.29. The van der Waals surface area contributed by atoms with E-state index >= 15 is 0 Å². The van der Waals surface area contributed by atoms with Crippen molar-refractivity contribution in [1.82, 2.24) is 4.57 Å². The number of pyridine rings is 1. The summed E-state index contributed by atoms with van der Waals surface area (Å²) in [5, 5.41) is 3.96. The fraction of sp³-hybridized carbons (Fsp3) is 0.238. The highest BCUT2D eigenvalue weighted by Crippen LogP contribution is 2.17. The molecule has 2 aromatic carbocycles. The molecule has 4 heteroatoms. The smallest absolute Gasteiger partial charge is 0.251 e. The van der Waals surface area contributed by atoms with Crippen LogP contribution in [-0.4, -0.2) is 10.5 Å². The van der Waals surface area contributed by atoms with Gasteiger partial charge in [-0.3, -0.25) is 9.59 Å². The van der Waals surface area contributed by atoms with Gasteiger partial charge < -0.3 is 9.88 Å². The maximum Gasteiger partial charge on any atom is 0.251 e. The fourth-order valence-corrected chi connectivity index (χ4v) is 3.22. The van der Waals surface area contributed by atoms with Crippen LogP contribution < -0.4 is 10.9 Å². The molecule has 0 saturated carbocycles. The Morgan fingerprint density at radius 1 is 1.00 bits per heavy atom. The summed E-state index contributed by atoms with van der Waals surface area (Å²) < 4.78 is 1.67. The minimum Gasteiger partial charge on any atom is -0.326 e. The predicted octanol–water partition coefficient (Wildman–Crippen LogP) is 3.96. The molecule has 0 atom stereocenters. The Bertz CT molecular complexity index is 982. The number of para-hydroxylation sites is 1. The summed E-state index contributed by atoms with van der Waals surface area (Å²) >= 11 is 0. The van der Waals surface area contributed by atoms with Crippen molar-refractivity contribution in [2.24, 2.45) is 0 Å². The van der Waals surface area contributed by atoms with Gasteiger partial charge in [-0.2, -0.15) is 0 Å². The Morgan fingerprint density at radius 2 is 1.68 bits per heavy atom. The molecule has 128 valence electrons. The van der Waals surface area contributed by atoms with E-state index in [0.717, 1.165) is 33.3 Å². The lowest BCUT2D eigenvalue weighted by Gasteiger charge is -2.12. The van der Waals surface area contributed by atoms with Crippen LogP contribution >= 0.6 is 0 Å². The summed E-state index contributed by atoms with van der Waals surface area (Å²) in [6.07, 6.45) is 0.250. The maximum atomic E-state index is 12.3. The number of benzene rings is 2. The van der Waals surface area contributed by atoms with Gasteiger partial charge in [-0.15, -0.1) is 0 Å². The summed E-state index contributed by atoms with van der Waals surface area (Å²) in [4.78, 5) is 24.6. The lowest BCUT2D eigenvalue weighted by Crippen LogP contribution is -2.23. The van der Waals surface area contributed by atoms with Gasteiger partial charge >= 0.3 is 0 Å². The van der Waals surface area contributed by atoms with Crippen molar-refractivity contribution in [2.45, 2.75) is 33.7 Å². The molecule has 1 amide bonds. The highest BCUT2D eigenvalue weighted by atomic mass is 16.1. The molecular formula is C21H22N2O2. The molecule has 0 aliphatic rings. The molecule has 1 heterocycles. The first-order valence-corrected chi connectivity index (χ1v) is 8.41. The van der Waals surface area contributed by atoms with Gasteiger partial charge in [0.1, 0.15) is 0 Å². The molecule has 3 rings (SSSR count). The number of aryl methyl sites for hydroxylation is 4. The highest BCUT2D eigenvalue weighted by Gasteiger charge is 2.09. The highest BCUT2D eigenvalue weighted by molar-refractivity contribution is 5.91. The third-order valence-electron chi connectivity index (χ3n) is 4.29. The Kier molecular flexibility index (Phi) is 4.70. The minimum absolute atomic E-state index is 0.0737. The fourth-order valence-electron chi connectivity index (χ4n) is 3.22. The number of aromatic nitrogens is 1. The first-order chi connectivity index (χ1) is 11.9. The number of hydrogen-bond acceptors (Lipinski definition) is 2. The number of anilines is 1. The molecule has 0 saturated heterocycles. The molecule has 0 radical (unpaired) electrons.